The van der Waals surface area contributed by atoms with Crippen LogP contribution in [0.4, 0.5) is 0 Å². The molecule has 5 saturated carbocycles. The van der Waals surface area contributed by atoms with E-state index in [9.17, 15) is 55.5 Å². The summed E-state index contributed by atoms with van der Waals surface area (Å²) in [4.78, 5) is 27.3. The van der Waals surface area contributed by atoms with Gasteiger partial charge >= 0.3 is 5.97 Å². The Morgan fingerprint density at radius 1 is 0.721 bits per heavy atom. The van der Waals surface area contributed by atoms with E-state index in [-0.39, 0.29) is 51.1 Å². The predicted molar refractivity (Wildman–Crippen MR) is 236 cm³/mol. The largest absolute Gasteiger partial charge is 0.467 e. The summed E-state index contributed by atoms with van der Waals surface area (Å²) in [5.74, 6) is -0.225. The topological polar surface area (TPSA) is 281 Å². The molecule has 3 saturated heterocycles. The first-order valence-corrected chi connectivity index (χ1v) is 25.0. The van der Waals surface area contributed by atoms with Crippen molar-refractivity contribution in [3.8, 4) is 0 Å². The highest BCUT2D eigenvalue weighted by Gasteiger charge is 2.75. The number of carbonyl (C=O) groups excluding carboxylic acids is 2. The van der Waals surface area contributed by atoms with E-state index in [0.29, 0.717) is 19.3 Å². The smallest absolute Gasteiger partial charge is 0.337 e. The van der Waals surface area contributed by atoms with Gasteiger partial charge in [-0.15, -0.1) is 0 Å². The average molecular weight is 967 g/mol. The molecule has 25 unspecified atom stereocenters. The molecule has 25 atom stereocenters. The third-order valence-electron chi connectivity index (χ3n) is 20.3. The Kier molecular flexibility index (Phi) is 13.1. The molecular formula is C50H78O18. The van der Waals surface area contributed by atoms with Crippen molar-refractivity contribution in [3.05, 3.63) is 11.6 Å². The number of aliphatic hydroxyl groups excluding tert-OH is 9. The zero-order chi connectivity index (χ0) is 49.6. The van der Waals surface area contributed by atoms with Gasteiger partial charge in [-0.3, -0.25) is 4.79 Å². The van der Waals surface area contributed by atoms with Crippen LogP contribution in [0.15, 0.2) is 11.6 Å². The second-order valence-electron chi connectivity index (χ2n) is 24.4. The maximum atomic E-state index is 14.3. The number of carbonyl (C=O) groups is 2. The number of hydrogen-bond acceptors (Lipinski definition) is 18. The Hall–Kier alpha value is -1.72. The molecule has 0 aromatic heterocycles. The van der Waals surface area contributed by atoms with E-state index in [1.165, 1.54) is 12.5 Å². The van der Waals surface area contributed by atoms with Crippen LogP contribution in [0.1, 0.15) is 113 Å². The fourth-order valence-electron chi connectivity index (χ4n) is 16.4. The summed E-state index contributed by atoms with van der Waals surface area (Å²) in [5, 5.41) is 99.0. The van der Waals surface area contributed by atoms with Crippen molar-refractivity contribution in [1.82, 2.24) is 0 Å². The number of fused-ring (bicyclic) bond motifs is 8. The van der Waals surface area contributed by atoms with Gasteiger partial charge in [-0.1, -0.05) is 60.1 Å². The second-order valence-corrected chi connectivity index (χ2v) is 24.4. The van der Waals surface area contributed by atoms with Crippen molar-refractivity contribution >= 4 is 11.8 Å². The van der Waals surface area contributed by atoms with Gasteiger partial charge in [0.1, 0.15) is 66.8 Å². The molecule has 386 valence electrons. The number of allylic oxidation sites excluding steroid dienone is 2. The third-order valence-corrected chi connectivity index (χ3v) is 20.3. The molecule has 0 aromatic rings. The molecule has 2 bridgehead atoms. The summed E-state index contributed by atoms with van der Waals surface area (Å²) >= 11 is 0. The van der Waals surface area contributed by atoms with Crippen molar-refractivity contribution < 1.29 is 88.7 Å². The highest BCUT2D eigenvalue weighted by molar-refractivity contribution is 5.90. The molecule has 9 N–H and O–H groups in total. The molecule has 0 aromatic carbocycles. The van der Waals surface area contributed by atoms with Gasteiger partial charge in [-0.25, -0.2) is 4.79 Å². The maximum absolute atomic E-state index is 14.3. The molecule has 0 radical (unpaired) electrons. The fraction of sp³-hybridized carbons (Fsp3) is 0.920. The summed E-state index contributed by atoms with van der Waals surface area (Å²) in [6, 6.07) is 0. The van der Waals surface area contributed by atoms with E-state index >= 15 is 0 Å². The maximum Gasteiger partial charge on any atom is 0.337 e. The van der Waals surface area contributed by atoms with Gasteiger partial charge in [0.25, 0.3) is 0 Å². The Bertz CT molecular complexity index is 1960. The number of methoxy groups -OCH3 is 1. The third kappa shape index (κ3) is 7.34. The van der Waals surface area contributed by atoms with Crippen LogP contribution in [0.2, 0.25) is 0 Å². The lowest BCUT2D eigenvalue weighted by molar-refractivity contribution is -0.395. The lowest BCUT2D eigenvalue weighted by Crippen LogP contribution is -2.68. The highest BCUT2D eigenvalue weighted by atomic mass is 16.8. The van der Waals surface area contributed by atoms with Gasteiger partial charge in [0.05, 0.1) is 37.4 Å². The monoisotopic (exact) mass is 967 g/mol. The zero-order valence-corrected chi connectivity index (χ0v) is 41.0. The standard InChI is InChI=1S/C50H78O18/c1-21-31(54)33(56)37(60)42(63-21)67-39-34(57)32(55)25(20-51)64-43(39)68-40-36(59)35(58)38(41(61)62-9)66-44(40)65-30-13-14-47(6)26(46(30,4)5)12-15-48(7)27(47)11-10-23-24-18-45(2,3)19-29(53)50(24)17-22(16-28(50)52)49(23,48)8/h10,21-22,24-27,29-40,42-44,51,53-60H,11-20H2,1-9H3. The molecule has 1 spiro atoms. The van der Waals surface area contributed by atoms with Gasteiger partial charge in [0.15, 0.2) is 25.0 Å². The molecule has 6 aliphatic carbocycles. The van der Waals surface area contributed by atoms with Crippen LogP contribution in [-0.2, 0) is 42.7 Å². The SMILES string of the molecule is COC(=O)C1OC(OC2CCC3(C)C(CCC4(C)C3CC=C3C5CC(C)(C)CC(O)C56CC(CC6=O)C34C)C2(C)C)C(OC2OC(CO)C(O)C(O)C2OC2OC(C)C(O)C(O)C2O)C(O)C1O. The number of ketones is 1. The van der Waals surface area contributed by atoms with E-state index in [1.54, 1.807) is 0 Å². The number of rotatable bonds is 8. The van der Waals surface area contributed by atoms with Crippen molar-refractivity contribution in [2.45, 2.75) is 218 Å². The summed E-state index contributed by atoms with van der Waals surface area (Å²) in [6.07, 6.45) is -17.2. The summed E-state index contributed by atoms with van der Waals surface area (Å²) in [6.45, 7) is 16.7. The van der Waals surface area contributed by atoms with E-state index in [2.05, 4.69) is 54.5 Å². The molecule has 3 heterocycles. The van der Waals surface area contributed by atoms with Gasteiger partial charge in [-0.2, -0.15) is 0 Å². The van der Waals surface area contributed by atoms with Crippen LogP contribution >= 0.6 is 0 Å². The van der Waals surface area contributed by atoms with Crippen LogP contribution in [-0.4, -0.2) is 176 Å². The molecule has 18 heteroatoms. The molecule has 9 rings (SSSR count). The zero-order valence-electron chi connectivity index (χ0n) is 41.0. The van der Waals surface area contributed by atoms with Gasteiger partial charge in [0.2, 0.25) is 0 Å². The minimum atomic E-state index is -1.91. The van der Waals surface area contributed by atoms with E-state index < -0.39 is 128 Å². The Morgan fingerprint density at radius 2 is 1.37 bits per heavy atom. The van der Waals surface area contributed by atoms with Crippen molar-refractivity contribution in [2.75, 3.05) is 13.7 Å². The van der Waals surface area contributed by atoms with Gasteiger partial charge in [0, 0.05) is 6.42 Å². The lowest BCUT2D eigenvalue weighted by Gasteiger charge is -2.72. The molecule has 9 aliphatic rings. The van der Waals surface area contributed by atoms with E-state index in [0.717, 1.165) is 45.6 Å². The number of ether oxygens (including phenoxy) is 7. The summed E-state index contributed by atoms with van der Waals surface area (Å²) in [5.41, 5.74) is -0.524. The first-order chi connectivity index (χ1) is 31.7. The molecule has 18 nitrogen and oxygen atoms in total. The predicted octanol–water partition coefficient (Wildman–Crippen LogP) is 1.000. The Labute approximate surface area is 398 Å². The number of aliphatic hydroxyl groups is 9. The summed E-state index contributed by atoms with van der Waals surface area (Å²) < 4.78 is 41.8. The van der Waals surface area contributed by atoms with Crippen LogP contribution in [0.25, 0.3) is 0 Å². The second kappa shape index (κ2) is 17.5. The van der Waals surface area contributed by atoms with Gasteiger partial charge in [-0.05, 0) is 109 Å². The van der Waals surface area contributed by atoms with Crippen LogP contribution < -0.4 is 0 Å². The normalized spacial score (nSPS) is 54.9. The van der Waals surface area contributed by atoms with Crippen LogP contribution in [0.5, 0.6) is 0 Å². The van der Waals surface area contributed by atoms with Gasteiger partial charge < -0.3 is 79.1 Å². The van der Waals surface area contributed by atoms with Crippen molar-refractivity contribution in [3.63, 3.8) is 0 Å². The number of esters is 1. The van der Waals surface area contributed by atoms with Crippen molar-refractivity contribution in [1.29, 1.82) is 0 Å². The molecule has 0 amide bonds. The lowest BCUT2D eigenvalue weighted by atomic mass is 9.33. The van der Waals surface area contributed by atoms with E-state index in [4.69, 9.17) is 33.2 Å². The number of Topliss-reactive ketones (excluding diaryl/α,β-unsaturated/α-hetero) is 1. The first kappa shape index (κ1) is 51.2. The van der Waals surface area contributed by atoms with E-state index in [1.807, 2.05) is 0 Å². The van der Waals surface area contributed by atoms with Crippen LogP contribution in [0, 0.1) is 56.2 Å². The average Bonchev–Trinajstić information content (AvgIpc) is 3.60. The fourth-order valence-corrected chi connectivity index (χ4v) is 16.4. The number of hydrogen-bond donors (Lipinski definition) is 9. The molecule has 68 heavy (non-hydrogen) atoms. The minimum Gasteiger partial charge on any atom is -0.467 e. The molecule has 8 fully saturated rings. The molecule has 3 aliphatic heterocycles. The Morgan fingerprint density at radius 3 is 2.03 bits per heavy atom. The molecular weight excluding hydrogens is 889 g/mol. The minimum absolute atomic E-state index is 0.0104. The Balaban J connectivity index is 1.000. The van der Waals surface area contributed by atoms with Crippen molar-refractivity contribution in [2.24, 2.45) is 56.2 Å². The summed E-state index contributed by atoms with van der Waals surface area (Å²) in [7, 11) is 1.11. The van der Waals surface area contributed by atoms with Crippen LogP contribution in [0.3, 0.4) is 0 Å². The highest BCUT2D eigenvalue weighted by Crippen LogP contribution is 2.79. The quantitative estimate of drug-likeness (QED) is 0.0932. The first-order valence-electron chi connectivity index (χ1n) is 25.0.